The van der Waals surface area contributed by atoms with Crippen LogP contribution in [0, 0.1) is 0 Å². The van der Waals surface area contributed by atoms with Crippen LogP contribution in [0.25, 0.3) is 11.0 Å². The molecule has 0 aliphatic heterocycles. The summed E-state index contributed by atoms with van der Waals surface area (Å²) in [6.07, 6.45) is 3.68. The number of carbonyl (C=O) groups is 1. The third kappa shape index (κ3) is 1.49. The summed E-state index contributed by atoms with van der Waals surface area (Å²) in [6, 6.07) is 5.39. The van der Waals surface area contributed by atoms with E-state index in [1.807, 2.05) is 6.07 Å². The molecule has 1 aromatic heterocycles. The largest absolute Gasteiger partial charge is 0.465 e. The number of hydrogen-bond acceptors (Lipinski definition) is 4. The normalized spacial score (nSPS) is 23.6. The van der Waals surface area contributed by atoms with Gasteiger partial charge in [0.1, 0.15) is 0 Å². The molecule has 2 unspecified atom stereocenters. The Kier molecular flexibility index (Phi) is 2.16. The highest BCUT2D eigenvalue weighted by Gasteiger charge is 2.39. The highest BCUT2D eigenvalue weighted by atomic mass is 16.5. The summed E-state index contributed by atoms with van der Waals surface area (Å²) in [7, 11) is 1.39. The lowest BCUT2D eigenvalue weighted by Crippen LogP contribution is -2.06. The van der Waals surface area contributed by atoms with Crippen molar-refractivity contribution in [3.05, 3.63) is 35.2 Å². The van der Waals surface area contributed by atoms with E-state index in [1.54, 1.807) is 12.1 Å². The summed E-state index contributed by atoms with van der Waals surface area (Å²) < 4.78 is 4.74. The quantitative estimate of drug-likeness (QED) is 0.734. The Morgan fingerprint density at radius 2 is 1.84 bits per heavy atom. The van der Waals surface area contributed by atoms with Crippen molar-refractivity contribution in [1.82, 2.24) is 9.97 Å². The minimum absolute atomic E-state index is 0.328. The van der Waals surface area contributed by atoms with E-state index in [1.165, 1.54) is 32.1 Å². The van der Waals surface area contributed by atoms with Crippen molar-refractivity contribution >= 4 is 17.0 Å². The Hall–Kier alpha value is -1.97. The van der Waals surface area contributed by atoms with Gasteiger partial charge in [0.2, 0.25) is 0 Å². The molecule has 1 aromatic carbocycles. The van der Waals surface area contributed by atoms with Gasteiger partial charge in [-0.15, -0.1) is 0 Å². The first kappa shape index (κ1) is 10.9. The molecule has 96 valence electrons. The number of methoxy groups -OCH3 is 1. The Balaban J connectivity index is 1.89. The number of fused-ring (bicyclic) bond motifs is 6. The van der Waals surface area contributed by atoms with Gasteiger partial charge in [0.25, 0.3) is 0 Å². The van der Waals surface area contributed by atoms with E-state index in [0.29, 0.717) is 17.4 Å². The first-order chi connectivity index (χ1) is 9.26. The molecular formula is C15H14N2O2. The lowest BCUT2D eigenvalue weighted by molar-refractivity contribution is 0.0601. The number of nitrogens with zero attached hydrogens (tertiary/aromatic N) is 2. The molecule has 4 nitrogen and oxygen atoms in total. The zero-order chi connectivity index (χ0) is 13.0. The van der Waals surface area contributed by atoms with Gasteiger partial charge in [0, 0.05) is 11.8 Å². The fourth-order valence-electron chi connectivity index (χ4n) is 3.41. The molecule has 2 aliphatic rings. The standard InChI is InChI=1S/C15H14N2O2/c1-19-15(18)10-4-5-11-12(7-10)17-14-9-3-2-8(6-9)13(14)16-11/h4-5,7-9H,2-3,6H2,1H3. The second-order valence-corrected chi connectivity index (χ2v) is 5.40. The van der Waals surface area contributed by atoms with Crippen LogP contribution in [-0.4, -0.2) is 23.0 Å². The van der Waals surface area contributed by atoms with Crippen molar-refractivity contribution in [2.45, 2.75) is 31.1 Å². The van der Waals surface area contributed by atoms with Crippen LogP contribution in [0.1, 0.15) is 52.8 Å². The van der Waals surface area contributed by atoms with Gasteiger partial charge < -0.3 is 4.74 Å². The molecular weight excluding hydrogens is 240 g/mol. The number of aromatic nitrogens is 2. The third-order valence-electron chi connectivity index (χ3n) is 4.35. The van der Waals surface area contributed by atoms with Gasteiger partial charge in [0.05, 0.1) is 35.1 Å². The van der Waals surface area contributed by atoms with Crippen LogP contribution < -0.4 is 0 Å². The molecule has 1 saturated carbocycles. The highest BCUT2D eigenvalue weighted by Crippen LogP contribution is 2.51. The molecule has 19 heavy (non-hydrogen) atoms. The zero-order valence-corrected chi connectivity index (χ0v) is 10.7. The van der Waals surface area contributed by atoms with E-state index in [0.717, 1.165) is 16.7 Å². The van der Waals surface area contributed by atoms with Crippen LogP contribution in [0.5, 0.6) is 0 Å². The molecule has 0 saturated heterocycles. The molecule has 2 atom stereocenters. The lowest BCUT2D eigenvalue weighted by atomic mass is 10.00. The summed E-state index contributed by atoms with van der Waals surface area (Å²) in [5, 5.41) is 0. The summed E-state index contributed by atoms with van der Waals surface area (Å²) in [6.45, 7) is 0. The maximum Gasteiger partial charge on any atom is 0.337 e. The fourth-order valence-corrected chi connectivity index (χ4v) is 3.41. The maximum atomic E-state index is 11.5. The molecule has 4 rings (SSSR count). The molecule has 0 N–H and O–H groups in total. The Labute approximate surface area is 110 Å². The number of ether oxygens (including phenoxy) is 1. The van der Waals surface area contributed by atoms with Crippen molar-refractivity contribution in [2.24, 2.45) is 0 Å². The van der Waals surface area contributed by atoms with Crippen LogP contribution in [0.2, 0.25) is 0 Å². The number of esters is 1. The first-order valence-corrected chi connectivity index (χ1v) is 6.66. The molecule has 0 radical (unpaired) electrons. The zero-order valence-electron chi connectivity index (χ0n) is 10.7. The third-order valence-corrected chi connectivity index (χ3v) is 4.35. The van der Waals surface area contributed by atoms with Crippen molar-refractivity contribution in [3.8, 4) is 0 Å². The molecule has 0 amide bonds. The van der Waals surface area contributed by atoms with Gasteiger partial charge in [-0.05, 0) is 37.5 Å². The summed E-state index contributed by atoms with van der Waals surface area (Å²) in [5.41, 5.74) is 4.56. The average Bonchev–Trinajstić information content (AvgIpc) is 3.05. The van der Waals surface area contributed by atoms with Gasteiger partial charge in [0.15, 0.2) is 0 Å². The number of benzene rings is 1. The van der Waals surface area contributed by atoms with Gasteiger partial charge in [-0.3, -0.25) is 0 Å². The van der Waals surface area contributed by atoms with Crippen molar-refractivity contribution < 1.29 is 9.53 Å². The lowest BCUT2D eigenvalue weighted by Gasteiger charge is -2.14. The molecule has 2 aromatic rings. The Morgan fingerprint density at radius 3 is 2.53 bits per heavy atom. The molecule has 0 spiro atoms. The molecule has 1 heterocycles. The minimum Gasteiger partial charge on any atom is -0.465 e. The maximum absolute atomic E-state index is 11.5. The Morgan fingerprint density at radius 1 is 1.16 bits per heavy atom. The van der Waals surface area contributed by atoms with Crippen LogP contribution in [0.15, 0.2) is 18.2 Å². The second-order valence-electron chi connectivity index (χ2n) is 5.40. The average molecular weight is 254 g/mol. The number of rotatable bonds is 1. The van der Waals surface area contributed by atoms with Gasteiger partial charge in [-0.25, -0.2) is 14.8 Å². The summed E-state index contributed by atoms with van der Waals surface area (Å²) in [4.78, 5) is 21.0. The van der Waals surface area contributed by atoms with E-state index in [2.05, 4.69) is 0 Å². The molecule has 2 bridgehead atoms. The topological polar surface area (TPSA) is 52.1 Å². The SMILES string of the molecule is COC(=O)c1ccc2nc3c(nc2c1)C1CCC3C1. The minimum atomic E-state index is -0.328. The van der Waals surface area contributed by atoms with Crippen molar-refractivity contribution in [2.75, 3.05) is 7.11 Å². The molecule has 2 aliphatic carbocycles. The van der Waals surface area contributed by atoms with Gasteiger partial charge in [-0.1, -0.05) is 0 Å². The van der Waals surface area contributed by atoms with Gasteiger partial charge in [-0.2, -0.15) is 0 Å². The predicted molar refractivity (Wildman–Crippen MR) is 70.2 cm³/mol. The fraction of sp³-hybridized carbons (Fsp3) is 0.400. The van der Waals surface area contributed by atoms with E-state index in [9.17, 15) is 4.79 Å². The molecule has 4 heteroatoms. The molecule has 1 fully saturated rings. The van der Waals surface area contributed by atoms with Crippen LogP contribution in [0.4, 0.5) is 0 Å². The summed E-state index contributed by atoms with van der Waals surface area (Å²) in [5.74, 6) is 0.863. The second kappa shape index (κ2) is 3.76. The van der Waals surface area contributed by atoms with E-state index in [-0.39, 0.29) is 5.97 Å². The predicted octanol–water partition coefficient (Wildman–Crippen LogP) is 2.78. The van der Waals surface area contributed by atoms with E-state index >= 15 is 0 Å². The van der Waals surface area contributed by atoms with Crippen molar-refractivity contribution in [3.63, 3.8) is 0 Å². The highest BCUT2D eigenvalue weighted by molar-refractivity contribution is 5.93. The van der Waals surface area contributed by atoms with Crippen molar-refractivity contribution in [1.29, 1.82) is 0 Å². The monoisotopic (exact) mass is 254 g/mol. The summed E-state index contributed by atoms with van der Waals surface area (Å²) >= 11 is 0. The number of carbonyl (C=O) groups excluding carboxylic acids is 1. The van der Waals surface area contributed by atoms with E-state index < -0.39 is 0 Å². The van der Waals surface area contributed by atoms with Gasteiger partial charge >= 0.3 is 5.97 Å². The van der Waals surface area contributed by atoms with Crippen LogP contribution in [-0.2, 0) is 4.74 Å². The van der Waals surface area contributed by atoms with E-state index in [4.69, 9.17) is 14.7 Å². The smallest absolute Gasteiger partial charge is 0.337 e. The number of hydrogen-bond donors (Lipinski definition) is 0. The van der Waals surface area contributed by atoms with Crippen LogP contribution in [0.3, 0.4) is 0 Å². The van der Waals surface area contributed by atoms with Crippen LogP contribution >= 0.6 is 0 Å². The first-order valence-electron chi connectivity index (χ1n) is 6.66. The Bertz CT molecular complexity index is 696.